The van der Waals surface area contributed by atoms with Crippen molar-refractivity contribution in [3.05, 3.63) is 33.8 Å². The number of benzene rings is 1. The molecule has 0 aliphatic heterocycles. The molecule has 0 heterocycles. The first-order chi connectivity index (χ1) is 9.47. The third kappa shape index (κ3) is 4.47. The second kappa shape index (κ2) is 6.93. The second-order valence-electron chi connectivity index (χ2n) is 5.93. The molecule has 20 heavy (non-hydrogen) atoms. The fraction of sp³-hybridized carbons (Fsp3) is 0.562. The fourth-order valence-electron chi connectivity index (χ4n) is 2.24. The zero-order valence-corrected chi connectivity index (χ0v) is 13.5. The van der Waals surface area contributed by atoms with Crippen LogP contribution in [-0.4, -0.2) is 29.8 Å². The summed E-state index contributed by atoms with van der Waals surface area (Å²) in [4.78, 5) is 14.7. The summed E-state index contributed by atoms with van der Waals surface area (Å²) in [7, 11) is 0. The van der Waals surface area contributed by atoms with Crippen LogP contribution in [0.25, 0.3) is 0 Å². The Morgan fingerprint density at radius 1 is 1.35 bits per heavy atom. The lowest BCUT2D eigenvalue weighted by Gasteiger charge is -2.22. The van der Waals surface area contributed by atoms with Crippen LogP contribution in [0.15, 0.2) is 18.2 Å². The van der Waals surface area contributed by atoms with Crippen molar-refractivity contribution in [1.82, 2.24) is 4.90 Å². The van der Waals surface area contributed by atoms with E-state index in [1.165, 1.54) is 12.8 Å². The van der Waals surface area contributed by atoms with Crippen molar-refractivity contribution in [2.75, 3.05) is 13.1 Å². The molecule has 1 aliphatic carbocycles. The summed E-state index contributed by atoms with van der Waals surface area (Å²) in [5, 5.41) is 1.01. The molecule has 0 saturated heterocycles. The van der Waals surface area contributed by atoms with Gasteiger partial charge in [-0.05, 0) is 49.9 Å². The van der Waals surface area contributed by atoms with Crippen molar-refractivity contribution in [1.29, 1.82) is 0 Å². The molecule has 0 aromatic heterocycles. The fourth-order valence-corrected chi connectivity index (χ4v) is 2.75. The predicted octanol–water partition coefficient (Wildman–Crippen LogP) is 4.69. The van der Waals surface area contributed by atoms with Gasteiger partial charge in [-0.2, -0.15) is 0 Å². The third-order valence-corrected chi connectivity index (χ3v) is 4.18. The molecular weight excluding hydrogens is 293 g/mol. The van der Waals surface area contributed by atoms with Gasteiger partial charge in [0.1, 0.15) is 0 Å². The summed E-state index contributed by atoms with van der Waals surface area (Å²) in [5.74, 6) is 0.743. The molecule has 1 aromatic rings. The highest BCUT2D eigenvalue weighted by Crippen LogP contribution is 2.28. The van der Waals surface area contributed by atoms with E-state index >= 15 is 0 Å². The van der Waals surface area contributed by atoms with Crippen LogP contribution >= 0.6 is 23.2 Å². The molecule has 2 rings (SSSR count). The Balaban J connectivity index is 2.00. The van der Waals surface area contributed by atoms with Crippen LogP contribution in [0, 0.1) is 5.92 Å². The Morgan fingerprint density at radius 3 is 2.60 bits per heavy atom. The van der Waals surface area contributed by atoms with Gasteiger partial charge in [-0.1, -0.05) is 37.0 Å². The van der Waals surface area contributed by atoms with Gasteiger partial charge in [0.2, 0.25) is 0 Å². The molecule has 0 atom stereocenters. The van der Waals surface area contributed by atoms with E-state index in [-0.39, 0.29) is 5.78 Å². The van der Waals surface area contributed by atoms with Gasteiger partial charge in [-0.15, -0.1) is 0 Å². The van der Waals surface area contributed by atoms with E-state index in [1.807, 2.05) is 0 Å². The number of ketones is 1. The van der Waals surface area contributed by atoms with Gasteiger partial charge in [0.25, 0.3) is 0 Å². The van der Waals surface area contributed by atoms with Crippen LogP contribution in [0.1, 0.15) is 43.5 Å². The van der Waals surface area contributed by atoms with Crippen LogP contribution < -0.4 is 0 Å². The summed E-state index contributed by atoms with van der Waals surface area (Å²) in [6.45, 7) is 5.87. The number of nitrogens with zero attached hydrogens (tertiary/aromatic N) is 1. The van der Waals surface area contributed by atoms with Crippen LogP contribution in [0.3, 0.4) is 0 Å². The third-order valence-electron chi connectivity index (χ3n) is 3.64. The highest BCUT2D eigenvalue weighted by atomic mass is 35.5. The number of halogens is 2. The molecule has 4 heteroatoms. The maximum absolute atomic E-state index is 12.4. The standard InChI is InChI=1S/C16H21Cl2NO/c1-11(2)7-8-19(13-4-5-13)10-16(20)14-6-3-12(17)9-15(14)18/h3,6,9,11,13H,4-5,7-8,10H2,1-2H3. The average molecular weight is 314 g/mol. The summed E-state index contributed by atoms with van der Waals surface area (Å²) in [6.07, 6.45) is 3.54. The first kappa shape index (κ1) is 15.8. The smallest absolute Gasteiger partial charge is 0.178 e. The van der Waals surface area contributed by atoms with Gasteiger partial charge >= 0.3 is 0 Å². The molecule has 0 unspecified atom stereocenters. The molecule has 0 bridgehead atoms. The molecule has 0 radical (unpaired) electrons. The Bertz CT molecular complexity index is 483. The van der Waals surface area contributed by atoms with Crippen LogP contribution in [0.4, 0.5) is 0 Å². The van der Waals surface area contributed by atoms with Gasteiger partial charge in [-0.25, -0.2) is 0 Å². The van der Waals surface area contributed by atoms with Gasteiger partial charge in [0.15, 0.2) is 5.78 Å². The number of hydrogen-bond donors (Lipinski definition) is 0. The Kier molecular flexibility index (Phi) is 5.48. The second-order valence-corrected chi connectivity index (χ2v) is 6.78. The van der Waals surface area contributed by atoms with Crippen molar-refractivity contribution in [3.8, 4) is 0 Å². The molecule has 1 aliphatic rings. The summed E-state index contributed by atoms with van der Waals surface area (Å²) in [5.41, 5.74) is 0.575. The minimum absolute atomic E-state index is 0.0855. The summed E-state index contributed by atoms with van der Waals surface area (Å²) < 4.78 is 0. The summed E-state index contributed by atoms with van der Waals surface area (Å²) >= 11 is 12.0. The number of Topliss-reactive ketones (excluding diaryl/α,β-unsaturated/α-hetero) is 1. The molecule has 0 N–H and O–H groups in total. The minimum Gasteiger partial charge on any atom is -0.293 e. The zero-order valence-electron chi connectivity index (χ0n) is 12.0. The topological polar surface area (TPSA) is 20.3 Å². The summed E-state index contributed by atoms with van der Waals surface area (Å²) in [6, 6.07) is 5.66. The lowest BCUT2D eigenvalue weighted by molar-refractivity contribution is 0.0921. The lowest BCUT2D eigenvalue weighted by Crippen LogP contribution is -2.33. The van der Waals surface area contributed by atoms with E-state index < -0.39 is 0 Å². The number of rotatable bonds is 7. The van der Waals surface area contributed by atoms with Crippen LogP contribution in [0.5, 0.6) is 0 Å². The normalized spacial score (nSPS) is 15.1. The first-order valence-corrected chi connectivity index (χ1v) is 7.95. The van der Waals surface area contributed by atoms with Gasteiger partial charge in [0.05, 0.1) is 11.6 Å². The maximum Gasteiger partial charge on any atom is 0.178 e. The Hall–Kier alpha value is -0.570. The van der Waals surface area contributed by atoms with Gasteiger partial charge < -0.3 is 0 Å². The van der Waals surface area contributed by atoms with E-state index in [0.29, 0.717) is 34.1 Å². The number of hydrogen-bond acceptors (Lipinski definition) is 2. The minimum atomic E-state index is 0.0855. The molecule has 0 spiro atoms. The molecule has 0 amide bonds. The van der Waals surface area contributed by atoms with Crippen LogP contribution in [-0.2, 0) is 0 Å². The van der Waals surface area contributed by atoms with Crippen molar-refractivity contribution >= 4 is 29.0 Å². The Morgan fingerprint density at radius 2 is 2.05 bits per heavy atom. The molecule has 110 valence electrons. The van der Waals surface area contributed by atoms with Crippen molar-refractivity contribution in [3.63, 3.8) is 0 Å². The number of carbonyl (C=O) groups excluding carboxylic acids is 1. The predicted molar refractivity (Wildman–Crippen MR) is 84.8 cm³/mol. The highest BCUT2D eigenvalue weighted by Gasteiger charge is 2.30. The van der Waals surface area contributed by atoms with Crippen molar-refractivity contribution in [2.24, 2.45) is 5.92 Å². The largest absolute Gasteiger partial charge is 0.293 e. The van der Waals surface area contributed by atoms with E-state index in [0.717, 1.165) is 13.0 Å². The number of carbonyl (C=O) groups is 1. The average Bonchev–Trinajstić information content (AvgIpc) is 3.18. The molecule has 1 fully saturated rings. The van der Waals surface area contributed by atoms with E-state index in [4.69, 9.17) is 23.2 Å². The van der Waals surface area contributed by atoms with Gasteiger partial charge in [0, 0.05) is 16.6 Å². The maximum atomic E-state index is 12.4. The molecular formula is C16H21Cl2NO. The monoisotopic (exact) mass is 313 g/mol. The molecule has 1 saturated carbocycles. The quantitative estimate of drug-likeness (QED) is 0.681. The van der Waals surface area contributed by atoms with Crippen molar-refractivity contribution in [2.45, 2.75) is 39.2 Å². The van der Waals surface area contributed by atoms with Crippen LogP contribution in [0.2, 0.25) is 10.0 Å². The molecule has 1 aromatic carbocycles. The van der Waals surface area contributed by atoms with Gasteiger partial charge in [-0.3, -0.25) is 9.69 Å². The van der Waals surface area contributed by atoms with E-state index in [1.54, 1.807) is 18.2 Å². The van der Waals surface area contributed by atoms with E-state index in [2.05, 4.69) is 18.7 Å². The SMILES string of the molecule is CC(C)CCN(CC(=O)c1ccc(Cl)cc1Cl)C1CC1. The first-order valence-electron chi connectivity index (χ1n) is 7.19. The van der Waals surface area contributed by atoms with Crippen molar-refractivity contribution < 1.29 is 4.79 Å². The zero-order chi connectivity index (χ0) is 14.7. The Labute approximate surface area is 131 Å². The lowest BCUT2D eigenvalue weighted by atomic mass is 10.1. The van der Waals surface area contributed by atoms with E-state index in [9.17, 15) is 4.79 Å². The highest BCUT2D eigenvalue weighted by molar-refractivity contribution is 6.36. The molecule has 2 nitrogen and oxygen atoms in total.